The minimum atomic E-state index is -5.17. The van der Waals surface area contributed by atoms with E-state index in [1.807, 2.05) is 0 Å². The van der Waals surface area contributed by atoms with Crippen LogP contribution in [-0.4, -0.2) is 83.2 Å². The first-order valence-corrected chi connectivity index (χ1v) is 2.00. The van der Waals surface area contributed by atoms with Gasteiger partial charge in [0.1, 0.15) is 0 Å². The van der Waals surface area contributed by atoms with Gasteiger partial charge >= 0.3 is 120 Å². The predicted octanol–water partition coefficient (Wildman–Crippen LogP) is -17.2. The molecule has 0 heterocycles. The summed E-state index contributed by atoms with van der Waals surface area (Å²) >= 11 is 0. The van der Waals surface area contributed by atoms with Crippen molar-refractivity contribution in [1.29, 1.82) is 0 Å². The molecule has 16 nitrogen and oxygen atoms in total. The van der Waals surface area contributed by atoms with Gasteiger partial charge in [0.2, 0.25) is 0 Å². The Morgan fingerprint density at radius 3 is 0.450 bits per heavy atom. The van der Waals surface area contributed by atoms with Crippen molar-refractivity contribution >= 4 is 10.4 Å². The molecule has 0 atom stereocenters. The van der Waals surface area contributed by atoms with E-state index < -0.39 is 10.4 Å². The Morgan fingerprint density at radius 1 is 0.450 bits per heavy atom. The van der Waals surface area contributed by atoms with Crippen molar-refractivity contribution in [3.05, 3.63) is 0 Å². The Kier molecular flexibility index (Phi) is 1300. The molecule has 20 heteroatoms. The van der Waals surface area contributed by atoms with Gasteiger partial charge in [0.15, 0.2) is 0 Å². The van der Waals surface area contributed by atoms with Crippen LogP contribution >= 0.6 is 0 Å². The standard InChI is InChI=1S/Cr.2K.H2O4S.12H2O/c;;;1-5(2,3)4;;;;;;;;;;;;/h;;;(H2,1,2,3,4);12*1H2/q+3;2*+1;;;;;;;;;;;;;/p-2. The molecular formula is H24CrK2O16S+3. The Bertz CT molecular complexity index is 104. The third-order valence-corrected chi connectivity index (χ3v) is 0. The fraction of sp³-hybridized carbons (Fsp3) is 0. The van der Waals surface area contributed by atoms with Crippen LogP contribution in [-0.2, 0) is 27.8 Å². The number of hydrogen-bond acceptors (Lipinski definition) is 4. The van der Waals surface area contributed by atoms with Gasteiger partial charge in [0.25, 0.3) is 0 Å². The van der Waals surface area contributed by atoms with Crippen molar-refractivity contribution in [2.24, 2.45) is 0 Å². The molecule has 1 radical (unpaired) electrons. The van der Waals surface area contributed by atoms with E-state index in [1.54, 1.807) is 0 Å². The first-order valence-electron chi connectivity index (χ1n) is 0.667. The van der Waals surface area contributed by atoms with Crippen molar-refractivity contribution in [1.82, 2.24) is 0 Å². The van der Waals surface area contributed by atoms with Crippen LogP contribution in [0.1, 0.15) is 0 Å². The smallest absolute Gasteiger partial charge is 0.759 e. The molecule has 0 spiro atoms. The maximum Gasteiger partial charge on any atom is 3.00 e. The second-order valence-corrected chi connectivity index (χ2v) is 1.22. The van der Waals surface area contributed by atoms with Gasteiger partial charge in [-0.25, -0.2) is 0 Å². The Morgan fingerprint density at radius 2 is 0.450 bits per heavy atom. The third kappa shape index (κ3) is 847. The largest absolute Gasteiger partial charge is 3.00 e. The van der Waals surface area contributed by atoms with E-state index in [0.29, 0.717) is 0 Å². The molecule has 0 aromatic carbocycles. The monoisotopic (exact) mass is 442 g/mol. The minimum Gasteiger partial charge on any atom is -0.759 e. The molecule has 0 aromatic rings. The molecule has 0 aromatic heterocycles. The Labute approximate surface area is 209 Å². The van der Waals surface area contributed by atoms with E-state index in [4.69, 9.17) is 17.5 Å². The summed E-state index contributed by atoms with van der Waals surface area (Å²) in [4.78, 5) is 0. The van der Waals surface area contributed by atoms with Crippen LogP contribution in [0.15, 0.2) is 0 Å². The van der Waals surface area contributed by atoms with Crippen molar-refractivity contribution in [3.63, 3.8) is 0 Å². The molecule has 24 N–H and O–H groups in total. The van der Waals surface area contributed by atoms with Gasteiger partial charge in [-0.1, -0.05) is 0 Å². The summed E-state index contributed by atoms with van der Waals surface area (Å²) in [5, 5.41) is 0. The van der Waals surface area contributed by atoms with Crippen molar-refractivity contribution in [2.45, 2.75) is 0 Å². The van der Waals surface area contributed by atoms with E-state index >= 15 is 0 Å². The Balaban J connectivity index is -0.000000000762. The first-order chi connectivity index (χ1) is 2.00. The van der Waals surface area contributed by atoms with Crippen LogP contribution in [0.4, 0.5) is 0 Å². The summed E-state index contributed by atoms with van der Waals surface area (Å²) in [6.07, 6.45) is 0. The van der Waals surface area contributed by atoms with Crippen LogP contribution in [0, 0.1) is 0 Å². The number of rotatable bonds is 0. The molecular weight excluding hydrogens is 418 g/mol. The van der Waals surface area contributed by atoms with Crippen molar-refractivity contribution in [2.75, 3.05) is 0 Å². The molecule has 0 saturated heterocycles. The SMILES string of the molecule is O.O.O.O.O.O.O.O.O.O.O.O.O=S(=O)([O-])[O-].[Cr+3].[K+].[K+]. The van der Waals surface area contributed by atoms with Crippen molar-refractivity contribution < 1.29 is 203 Å². The normalized spacial score (nSPS) is 2.90. The van der Waals surface area contributed by atoms with Crippen LogP contribution in [0.25, 0.3) is 0 Å². The summed E-state index contributed by atoms with van der Waals surface area (Å²) < 4.78 is 34.1. The third-order valence-electron chi connectivity index (χ3n) is 0. The molecule has 0 aliphatic heterocycles. The summed E-state index contributed by atoms with van der Waals surface area (Å²) in [6.45, 7) is 0. The van der Waals surface area contributed by atoms with Gasteiger partial charge in [0, 0.05) is 10.4 Å². The zero-order chi connectivity index (χ0) is 4.50. The molecule has 0 bridgehead atoms. The van der Waals surface area contributed by atoms with E-state index in [-0.39, 0.29) is 186 Å². The van der Waals surface area contributed by atoms with E-state index in [9.17, 15) is 0 Å². The van der Waals surface area contributed by atoms with E-state index in [1.165, 1.54) is 0 Å². The minimum absolute atomic E-state index is 0. The molecule has 0 fully saturated rings. The zero-order valence-electron chi connectivity index (χ0n) is 10.4. The van der Waals surface area contributed by atoms with Crippen LogP contribution in [0.2, 0.25) is 0 Å². The average molecular weight is 442 g/mol. The molecule has 20 heavy (non-hydrogen) atoms. The molecule has 0 unspecified atom stereocenters. The summed E-state index contributed by atoms with van der Waals surface area (Å²) in [7, 11) is -5.17. The summed E-state index contributed by atoms with van der Waals surface area (Å²) in [6, 6.07) is 0. The van der Waals surface area contributed by atoms with Crippen molar-refractivity contribution in [3.8, 4) is 0 Å². The molecule has 0 rings (SSSR count). The van der Waals surface area contributed by atoms with Gasteiger partial charge in [-0.15, -0.1) is 0 Å². The quantitative estimate of drug-likeness (QED) is 0.200. The van der Waals surface area contributed by atoms with E-state index in [2.05, 4.69) is 0 Å². The van der Waals surface area contributed by atoms with Crippen LogP contribution in [0.5, 0.6) is 0 Å². The van der Waals surface area contributed by atoms with Gasteiger partial charge in [-0.2, -0.15) is 0 Å². The topological polar surface area (TPSA) is 458 Å². The zero-order valence-corrected chi connectivity index (χ0v) is 18.8. The molecule has 0 aliphatic rings. The summed E-state index contributed by atoms with van der Waals surface area (Å²) in [5.41, 5.74) is 0. The second kappa shape index (κ2) is 118. The second-order valence-electron chi connectivity index (χ2n) is 0.408. The maximum atomic E-state index is 8.52. The Hall–Kier alpha value is 3.20. The van der Waals surface area contributed by atoms with Gasteiger partial charge < -0.3 is 74.8 Å². The first kappa shape index (κ1) is 221. The predicted molar refractivity (Wildman–Crippen MR) is 53.8 cm³/mol. The van der Waals surface area contributed by atoms with Crippen LogP contribution < -0.4 is 103 Å². The maximum absolute atomic E-state index is 8.52. The van der Waals surface area contributed by atoms with Gasteiger partial charge in [-0.05, 0) is 0 Å². The van der Waals surface area contributed by atoms with Gasteiger partial charge in [-0.3, -0.25) is 8.42 Å². The fourth-order valence-corrected chi connectivity index (χ4v) is 0. The molecule has 0 amide bonds. The molecule has 0 aliphatic carbocycles. The fourth-order valence-electron chi connectivity index (χ4n) is 0. The number of hydrogen-bond donors (Lipinski definition) is 0. The van der Waals surface area contributed by atoms with Gasteiger partial charge in [0.05, 0.1) is 0 Å². The summed E-state index contributed by atoms with van der Waals surface area (Å²) in [5.74, 6) is 0. The molecule has 0 saturated carbocycles. The van der Waals surface area contributed by atoms with Crippen LogP contribution in [0.3, 0.4) is 0 Å². The van der Waals surface area contributed by atoms with E-state index in [0.717, 1.165) is 0 Å². The molecule has 131 valence electrons. The average Bonchev–Trinajstić information content (AvgIpc) is 0.722.